The Morgan fingerprint density at radius 3 is 2.46 bits per heavy atom. The predicted molar refractivity (Wildman–Crippen MR) is 173 cm³/mol. The van der Waals surface area contributed by atoms with E-state index in [1.54, 1.807) is 14.2 Å². The van der Waals surface area contributed by atoms with Crippen molar-refractivity contribution in [2.24, 2.45) is 0 Å². The second-order valence-corrected chi connectivity index (χ2v) is 13.1. The van der Waals surface area contributed by atoms with Crippen LogP contribution in [0.4, 0.5) is 5.69 Å². The summed E-state index contributed by atoms with van der Waals surface area (Å²) in [5, 5.41) is 2.53. The molecule has 41 heavy (non-hydrogen) atoms. The Bertz CT molecular complexity index is 1620. The molecule has 0 saturated carbocycles. The molecule has 0 spiro atoms. The average Bonchev–Trinajstić information content (AvgIpc) is 3.51. The molecule has 6 rings (SSSR count). The third-order valence-corrected chi connectivity index (χ3v) is 10.2. The Kier molecular flexibility index (Phi) is 8.45. The Balaban J connectivity index is 1.44. The lowest BCUT2D eigenvalue weighted by atomic mass is 9.69. The summed E-state index contributed by atoms with van der Waals surface area (Å²) < 4.78 is 14.7. The van der Waals surface area contributed by atoms with Gasteiger partial charge in [0.15, 0.2) is 6.54 Å². The average molecular weight is 582 g/mol. The molecule has 0 saturated heterocycles. The number of ether oxygens (including phenoxy) is 2. The van der Waals surface area contributed by atoms with E-state index in [9.17, 15) is 0 Å². The maximum atomic E-state index is 5.48. The van der Waals surface area contributed by atoms with Crippen LogP contribution in [-0.2, 0) is 21.4 Å². The molecule has 2 heterocycles. The second kappa shape index (κ2) is 12.4. The van der Waals surface area contributed by atoms with Crippen molar-refractivity contribution in [3.63, 3.8) is 0 Å². The Morgan fingerprint density at radius 1 is 0.878 bits per heavy atom. The van der Waals surface area contributed by atoms with Crippen molar-refractivity contribution in [2.45, 2.75) is 36.6 Å². The van der Waals surface area contributed by atoms with Gasteiger partial charge in [0.05, 0.1) is 17.3 Å². The van der Waals surface area contributed by atoms with E-state index in [1.807, 2.05) is 23.1 Å². The Labute approximate surface area is 251 Å². The van der Waals surface area contributed by atoms with Crippen LogP contribution in [0.5, 0.6) is 0 Å². The number of aromatic nitrogens is 1. The largest absolute Gasteiger partial charge is 0.383 e. The number of anilines is 1. The van der Waals surface area contributed by atoms with Gasteiger partial charge in [0.1, 0.15) is 11.3 Å². The van der Waals surface area contributed by atoms with Crippen LogP contribution in [0.25, 0.3) is 16.3 Å². The number of para-hydroxylation sites is 2. The highest BCUT2D eigenvalue weighted by atomic mass is 32.2. The molecule has 4 nitrogen and oxygen atoms in total. The number of benzene rings is 3. The van der Waals surface area contributed by atoms with Crippen LogP contribution in [0, 0.1) is 0 Å². The minimum absolute atomic E-state index is 0.00421. The normalized spacial score (nSPS) is 20.7. The van der Waals surface area contributed by atoms with Gasteiger partial charge in [-0.25, -0.2) is 0 Å². The molecule has 3 aromatic carbocycles. The molecule has 6 heteroatoms. The molecule has 2 aliphatic rings. The zero-order chi connectivity index (χ0) is 28.2. The maximum Gasteiger partial charge on any atom is 0.263 e. The van der Waals surface area contributed by atoms with Crippen molar-refractivity contribution in [1.29, 1.82) is 0 Å². The number of fused-ring (bicyclic) bond motifs is 2. The first-order valence-electron chi connectivity index (χ1n) is 14.2. The highest BCUT2D eigenvalue weighted by Gasteiger charge is 2.33. The predicted octanol–water partition coefficient (Wildman–Crippen LogP) is 8.00. The number of thiazole rings is 1. The summed E-state index contributed by atoms with van der Waals surface area (Å²) in [5.74, 6) is 0. The van der Waals surface area contributed by atoms with Gasteiger partial charge in [0.2, 0.25) is 5.52 Å². The molecule has 1 aromatic heterocycles. The molecule has 1 atom stereocenters. The lowest BCUT2D eigenvalue weighted by molar-refractivity contribution is -0.670. The molecular formula is C35H37N2O2S2+. The van der Waals surface area contributed by atoms with Crippen LogP contribution in [-0.4, -0.2) is 34.0 Å². The summed E-state index contributed by atoms with van der Waals surface area (Å²) in [7, 11) is 3.55. The molecule has 1 aliphatic heterocycles. The molecule has 1 unspecified atom stereocenters. The third-order valence-electron chi connectivity index (χ3n) is 7.96. The minimum atomic E-state index is -0.00421. The fourth-order valence-corrected chi connectivity index (χ4v) is 8.33. The summed E-state index contributed by atoms with van der Waals surface area (Å²) >= 11 is 3.72. The van der Waals surface area contributed by atoms with Gasteiger partial charge in [0, 0.05) is 43.2 Å². The molecule has 0 bridgehead atoms. The van der Waals surface area contributed by atoms with Gasteiger partial charge < -0.3 is 14.4 Å². The van der Waals surface area contributed by atoms with E-state index in [-0.39, 0.29) is 5.41 Å². The summed E-state index contributed by atoms with van der Waals surface area (Å²) in [6.07, 6.45) is 9.24. The first-order chi connectivity index (χ1) is 20.1. The highest BCUT2D eigenvalue weighted by Crippen LogP contribution is 2.48. The summed E-state index contributed by atoms with van der Waals surface area (Å²) in [4.78, 5) is 3.71. The zero-order valence-corrected chi connectivity index (χ0v) is 25.6. The van der Waals surface area contributed by atoms with E-state index in [1.165, 1.54) is 47.5 Å². The summed E-state index contributed by atoms with van der Waals surface area (Å²) in [5.41, 5.74) is 6.63. The quantitative estimate of drug-likeness (QED) is 0.187. The van der Waals surface area contributed by atoms with Crippen LogP contribution in [0.15, 0.2) is 112 Å². The molecular weight excluding hydrogens is 545 g/mol. The third kappa shape index (κ3) is 5.93. The van der Waals surface area contributed by atoms with E-state index in [4.69, 9.17) is 9.47 Å². The van der Waals surface area contributed by atoms with Gasteiger partial charge in [-0.2, -0.15) is 4.57 Å². The number of methoxy groups -OCH3 is 2. The van der Waals surface area contributed by atoms with Gasteiger partial charge in [0.25, 0.3) is 5.01 Å². The lowest BCUT2D eigenvalue weighted by Crippen LogP contribution is -2.37. The number of nitrogens with zero attached hydrogens (tertiary/aromatic N) is 2. The standard InChI is InChI=1S/C35H37N2O2S2/c1-35(28-11-5-4-6-12-28)24-26(22-33-36(17-19-38-2)29-13-7-9-15-31(29)40-33)21-27(25-35)23-34-37(18-20-39-3)30-14-8-10-16-32(30)41-34/h4-16,21-23H,17-20,24-25H2,1-3H3/q+1. The molecule has 4 aromatic rings. The molecule has 0 fully saturated rings. The van der Waals surface area contributed by atoms with Crippen LogP contribution in [0.2, 0.25) is 0 Å². The number of hydrogen-bond acceptors (Lipinski definition) is 5. The van der Waals surface area contributed by atoms with E-state index in [0.29, 0.717) is 13.2 Å². The molecule has 210 valence electrons. The maximum absolute atomic E-state index is 5.48. The summed E-state index contributed by atoms with van der Waals surface area (Å²) in [6.45, 7) is 5.46. The fourth-order valence-electron chi connectivity index (χ4n) is 6.00. The van der Waals surface area contributed by atoms with Crippen molar-refractivity contribution in [1.82, 2.24) is 0 Å². The first-order valence-corrected chi connectivity index (χ1v) is 15.8. The van der Waals surface area contributed by atoms with Crippen molar-refractivity contribution in [2.75, 3.05) is 38.9 Å². The topological polar surface area (TPSA) is 25.6 Å². The van der Waals surface area contributed by atoms with Crippen molar-refractivity contribution < 1.29 is 14.0 Å². The zero-order valence-electron chi connectivity index (χ0n) is 24.0. The Hall–Kier alpha value is -3.16. The van der Waals surface area contributed by atoms with Crippen LogP contribution >= 0.6 is 23.1 Å². The first kappa shape index (κ1) is 28.0. The molecule has 0 N–H and O–H groups in total. The molecule has 0 radical (unpaired) electrons. The number of allylic oxidation sites excluding steroid dienone is 4. The smallest absolute Gasteiger partial charge is 0.263 e. The molecule has 0 amide bonds. The van der Waals surface area contributed by atoms with Crippen molar-refractivity contribution in [3.05, 3.63) is 118 Å². The minimum Gasteiger partial charge on any atom is -0.383 e. The van der Waals surface area contributed by atoms with Gasteiger partial charge >= 0.3 is 0 Å². The van der Waals surface area contributed by atoms with Crippen LogP contribution < -0.4 is 9.47 Å². The summed E-state index contributed by atoms with van der Waals surface area (Å²) in [6, 6.07) is 28.4. The van der Waals surface area contributed by atoms with Crippen LogP contribution in [0.1, 0.15) is 30.3 Å². The Morgan fingerprint density at radius 2 is 1.63 bits per heavy atom. The number of rotatable bonds is 9. The fraction of sp³-hybridized carbons (Fsp3) is 0.286. The van der Waals surface area contributed by atoms with Gasteiger partial charge in [-0.05, 0) is 53.8 Å². The van der Waals surface area contributed by atoms with Gasteiger partial charge in [-0.1, -0.05) is 90.7 Å². The number of hydrogen-bond donors (Lipinski definition) is 0. The van der Waals surface area contributed by atoms with Gasteiger partial charge in [-0.15, -0.1) is 0 Å². The van der Waals surface area contributed by atoms with Crippen molar-refractivity contribution in [3.8, 4) is 0 Å². The molecule has 1 aliphatic carbocycles. The van der Waals surface area contributed by atoms with Crippen LogP contribution in [0.3, 0.4) is 0 Å². The van der Waals surface area contributed by atoms with E-state index < -0.39 is 0 Å². The van der Waals surface area contributed by atoms with E-state index >= 15 is 0 Å². The monoisotopic (exact) mass is 581 g/mol. The number of thioether (sulfide) groups is 1. The second-order valence-electron chi connectivity index (χ2n) is 11.0. The highest BCUT2D eigenvalue weighted by molar-refractivity contribution is 8.03. The van der Waals surface area contributed by atoms with Gasteiger partial charge in [-0.3, -0.25) is 0 Å². The lowest BCUT2D eigenvalue weighted by Gasteiger charge is -2.35. The SMILES string of the molecule is COCCN1C(=CC2=CC(=Cc3sc4ccccc4[n+]3CCOC)CC(C)(c3ccccc3)C2)Sc2ccccc21. The van der Waals surface area contributed by atoms with Crippen molar-refractivity contribution >= 4 is 45.1 Å². The van der Waals surface area contributed by atoms with E-state index in [2.05, 4.69) is 113 Å². The van der Waals surface area contributed by atoms with E-state index in [0.717, 1.165) is 25.9 Å².